The van der Waals surface area contributed by atoms with Crippen molar-refractivity contribution in [2.24, 2.45) is 5.73 Å². The van der Waals surface area contributed by atoms with E-state index in [-0.39, 0.29) is 5.91 Å². The minimum absolute atomic E-state index is 0.134. The van der Waals surface area contributed by atoms with Gasteiger partial charge in [0.2, 0.25) is 11.0 Å². The molecule has 0 aliphatic heterocycles. The van der Waals surface area contributed by atoms with Crippen LogP contribution in [0.4, 0.5) is 5.13 Å². The van der Waals surface area contributed by atoms with E-state index >= 15 is 0 Å². The zero-order valence-electron chi connectivity index (χ0n) is 9.32. The Balaban J connectivity index is 1.89. The van der Waals surface area contributed by atoms with Crippen molar-refractivity contribution in [1.29, 1.82) is 0 Å². The van der Waals surface area contributed by atoms with E-state index in [1.54, 1.807) is 0 Å². The Morgan fingerprint density at radius 3 is 2.94 bits per heavy atom. The Labute approximate surface area is 98.4 Å². The fourth-order valence-electron chi connectivity index (χ4n) is 1.32. The maximum absolute atomic E-state index is 11.6. The number of unbranched alkanes of at least 4 members (excludes halogenated alkanes) is 1. The molecule has 1 fully saturated rings. The van der Waals surface area contributed by atoms with Gasteiger partial charge in [0.1, 0.15) is 5.01 Å². The summed E-state index contributed by atoms with van der Waals surface area (Å²) in [6.45, 7) is 2.13. The summed E-state index contributed by atoms with van der Waals surface area (Å²) in [7, 11) is 0. The van der Waals surface area contributed by atoms with E-state index < -0.39 is 5.54 Å². The second-order valence-electron chi connectivity index (χ2n) is 4.21. The third-order valence-electron chi connectivity index (χ3n) is 2.67. The molecule has 0 radical (unpaired) electrons. The number of aromatic nitrogens is 2. The standard InChI is InChI=1S/C10H16N4OS/c1-2-3-4-7-13-14-9(16-7)12-8(15)10(11)5-6-10/h2-6,11H2,1H3,(H,12,14,15). The van der Waals surface area contributed by atoms with Gasteiger partial charge in [-0.05, 0) is 19.3 Å². The number of aryl methyl sites for hydroxylation is 1. The van der Waals surface area contributed by atoms with Crippen LogP contribution in [0.2, 0.25) is 0 Å². The number of hydrogen-bond acceptors (Lipinski definition) is 5. The van der Waals surface area contributed by atoms with Gasteiger partial charge in [0.05, 0.1) is 5.54 Å². The van der Waals surface area contributed by atoms with Gasteiger partial charge in [-0.15, -0.1) is 10.2 Å². The first-order valence-corrected chi connectivity index (χ1v) is 6.38. The summed E-state index contributed by atoms with van der Waals surface area (Å²) in [5.41, 5.74) is 5.13. The second-order valence-corrected chi connectivity index (χ2v) is 5.28. The van der Waals surface area contributed by atoms with Crippen LogP contribution in [0, 0.1) is 0 Å². The van der Waals surface area contributed by atoms with Crippen molar-refractivity contribution in [3.8, 4) is 0 Å². The lowest BCUT2D eigenvalue weighted by Crippen LogP contribution is -2.37. The Bertz CT molecular complexity index is 386. The van der Waals surface area contributed by atoms with Gasteiger partial charge in [-0.25, -0.2) is 0 Å². The number of anilines is 1. The molecule has 2 rings (SSSR count). The molecule has 0 unspecified atom stereocenters. The predicted octanol–water partition coefficient (Wildman–Crippen LogP) is 1.31. The summed E-state index contributed by atoms with van der Waals surface area (Å²) in [4.78, 5) is 11.6. The number of amides is 1. The van der Waals surface area contributed by atoms with Crippen LogP contribution in [-0.4, -0.2) is 21.6 Å². The molecule has 1 aromatic heterocycles. The first kappa shape index (κ1) is 11.5. The third-order valence-corrected chi connectivity index (χ3v) is 3.57. The van der Waals surface area contributed by atoms with Crippen molar-refractivity contribution >= 4 is 22.4 Å². The molecule has 1 aliphatic rings. The minimum atomic E-state index is -0.644. The molecule has 16 heavy (non-hydrogen) atoms. The monoisotopic (exact) mass is 240 g/mol. The number of carbonyl (C=O) groups excluding carboxylic acids is 1. The summed E-state index contributed by atoms with van der Waals surface area (Å²) >= 11 is 1.44. The molecule has 0 aromatic carbocycles. The number of nitrogens with two attached hydrogens (primary N) is 1. The molecule has 1 aliphatic carbocycles. The fraction of sp³-hybridized carbons (Fsp3) is 0.700. The summed E-state index contributed by atoms with van der Waals surface area (Å²) in [6, 6.07) is 0. The van der Waals surface area contributed by atoms with Crippen LogP contribution in [0.5, 0.6) is 0 Å². The van der Waals surface area contributed by atoms with Crippen molar-refractivity contribution < 1.29 is 4.79 Å². The van der Waals surface area contributed by atoms with E-state index in [1.807, 2.05) is 0 Å². The van der Waals surface area contributed by atoms with E-state index in [9.17, 15) is 4.79 Å². The Morgan fingerprint density at radius 1 is 1.56 bits per heavy atom. The zero-order chi connectivity index (χ0) is 11.6. The summed E-state index contributed by atoms with van der Waals surface area (Å²) in [5, 5.41) is 12.2. The molecule has 1 heterocycles. The number of hydrogen-bond donors (Lipinski definition) is 2. The number of nitrogens with one attached hydrogen (secondary N) is 1. The van der Waals surface area contributed by atoms with Gasteiger partial charge in [0.25, 0.3) is 0 Å². The van der Waals surface area contributed by atoms with E-state index in [0.29, 0.717) is 5.13 Å². The molecule has 0 spiro atoms. The molecule has 0 saturated heterocycles. The van der Waals surface area contributed by atoms with Crippen LogP contribution in [0.15, 0.2) is 0 Å². The molecule has 1 saturated carbocycles. The summed E-state index contributed by atoms with van der Waals surface area (Å²) < 4.78 is 0. The van der Waals surface area contributed by atoms with Gasteiger partial charge in [0, 0.05) is 6.42 Å². The van der Waals surface area contributed by atoms with Crippen molar-refractivity contribution in [2.75, 3.05) is 5.32 Å². The summed E-state index contributed by atoms with van der Waals surface area (Å²) in [6.07, 6.45) is 4.69. The average Bonchev–Trinajstić information content (AvgIpc) is 2.87. The Morgan fingerprint density at radius 2 is 2.31 bits per heavy atom. The van der Waals surface area contributed by atoms with Crippen LogP contribution >= 0.6 is 11.3 Å². The van der Waals surface area contributed by atoms with Crippen LogP contribution in [0.3, 0.4) is 0 Å². The number of nitrogens with zero attached hydrogens (tertiary/aromatic N) is 2. The molecular weight excluding hydrogens is 224 g/mol. The largest absolute Gasteiger partial charge is 0.317 e. The predicted molar refractivity (Wildman–Crippen MR) is 63.3 cm³/mol. The molecule has 1 amide bonds. The highest BCUT2D eigenvalue weighted by atomic mass is 32.1. The van der Waals surface area contributed by atoms with Gasteiger partial charge in [-0.2, -0.15) is 0 Å². The number of rotatable bonds is 5. The summed E-state index contributed by atoms with van der Waals surface area (Å²) in [5.74, 6) is -0.134. The van der Waals surface area contributed by atoms with Crippen molar-refractivity contribution in [1.82, 2.24) is 10.2 Å². The van der Waals surface area contributed by atoms with Crippen LogP contribution in [-0.2, 0) is 11.2 Å². The lowest BCUT2D eigenvalue weighted by molar-refractivity contribution is -0.118. The van der Waals surface area contributed by atoms with Crippen molar-refractivity contribution in [3.05, 3.63) is 5.01 Å². The molecule has 0 atom stereocenters. The molecule has 1 aromatic rings. The van der Waals surface area contributed by atoms with E-state index in [4.69, 9.17) is 5.73 Å². The Hall–Kier alpha value is -1.01. The molecule has 5 nitrogen and oxygen atoms in total. The van der Waals surface area contributed by atoms with Crippen LogP contribution in [0.1, 0.15) is 37.6 Å². The smallest absolute Gasteiger partial charge is 0.246 e. The van der Waals surface area contributed by atoms with E-state index in [1.165, 1.54) is 11.3 Å². The van der Waals surface area contributed by atoms with Crippen LogP contribution < -0.4 is 11.1 Å². The van der Waals surface area contributed by atoms with Gasteiger partial charge in [-0.1, -0.05) is 24.7 Å². The van der Waals surface area contributed by atoms with E-state index in [2.05, 4.69) is 22.4 Å². The maximum Gasteiger partial charge on any atom is 0.246 e. The molecule has 0 bridgehead atoms. The quantitative estimate of drug-likeness (QED) is 0.813. The van der Waals surface area contributed by atoms with Gasteiger partial charge < -0.3 is 5.73 Å². The van der Waals surface area contributed by atoms with Crippen molar-refractivity contribution in [2.45, 2.75) is 44.6 Å². The highest BCUT2D eigenvalue weighted by Crippen LogP contribution is 2.33. The first-order valence-electron chi connectivity index (χ1n) is 5.57. The second kappa shape index (κ2) is 4.47. The van der Waals surface area contributed by atoms with Gasteiger partial charge in [-0.3, -0.25) is 10.1 Å². The highest BCUT2D eigenvalue weighted by molar-refractivity contribution is 7.15. The maximum atomic E-state index is 11.6. The number of carbonyl (C=O) groups is 1. The highest BCUT2D eigenvalue weighted by Gasteiger charge is 2.46. The average molecular weight is 240 g/mol. The van der Waals surface area contributed by atoms with Gasteiger partial charge >= 0.3 is 0 Å². The lowest BCUT2D eigenvalue weighted by atomic mass is 10.3. The lowest BCUT2D eigenvalue weighted by Gasteiger charge is -2.05. The third kappa shape index (κ3) is 2.56. The minimum Gasteiger partial charge on any atom is -0.317 e. The Kier molecular flexibility index (Phi) is 3.20. The topological polar surface area (TPSA) is 80.9 Å². The van der Waals surface area contributed by atoms with Crippen LogP contribution in [0.25, 0.3) is 0 Å². The zero-order valence-corrected chi connectivity index (χ0v) is 10.1. The molecule has 3 N–H and O–H groups in total. The first-order chi connectivity index (χ1) is 7.64. The van der Waals surface area contributed by atoms with Crippen molar-refractivity contribution in [3.63, 3.8) is 0 Å². The van der Waals surface area contributed by atoms with Gasteiger partial charge in [0.15, 0.2) is 0 Å². The normalized spacial score (nSPS) is 17.1. The molecule has 6 heteroatoms. The SMILES string of the molecule is CCCCc1nnc(NC(=O)C2(N)CC2)s1. The molecule has 88 valence electrons. The fourth-order valence-corrected chi connectivity index (χ4v) is 2.09. The van der Waals surface area contributed by atoms with E-state index in [0.717, 1.165) is 37.1 Å². The molecular formula is C10H16N4OS.